The maximum atomic E-state index is 12.5. The molecule has 1 heterocycles. The van der Waals surface area contributed by atoms with Crippen molar-refractivity contribution in [1.82, 2.24) is 4.31 Å². The molecular formula is C12H17N3O5S. The first-order valence-electron chi connectivity index (χ1n) is 6.40. The highest BCUT2D eigenvalue weighted by atomic mass is 32.2. The van der Waals surface area contributed by atoms with Crippen molar-refractivity contribution in [1.29, 1.82) is 0 Å². The SMILES string of the molecule is CC1(O)CCCN(S(=O)(=O)c2ccc([N+](=O)[O-])c(N)c2)C1. The Morgan fingerprint density at radius 2 is 2.14 bits per heavy atom. The fourth-order valence-electron chi connectivity index (χ4n) is 2.39. The van der Waals surface area contributed by atoms with Gasteiger partial charge in [-0.1, -0.05) is 0 Å². The fraction of sp³-hybridized carbons (Fsp3) is 0.500. The van der Waals surface area contributed by atoms with Gasteiger partial charge in [-0.2, -0.15) is 4.31 Å². The summed E-state index contributed by atoms with van der Waals surface area (Å²) >= 11 is 0. The number of nitro benzene ring substituents is 1. The summed E-state index contributed by atoms with van der Waals surface area (Å²) < 4.78 is 26.2. The maximum absolute atomic E-state index is 12.5. The molecule has 2 rings (SSSR count). The van der Waals surface area contributed by atoms with Crippen LogP contribution in [0.3, 0.4) is 0 Å². The molecule has 0 radical (unpaired) electrons. The van der Waals surface area contributed by atoms with Crippen molar-refractivity contribution in [2.24, 2.45) is 0 Å². The van der Waals surface area contributed by atoms with E-state index in [0.29, 0.717) is 19.4 Å². The van der Waals surface area contributed by atoms with Crippen LogP contribution in [0.25, 0.3) is 0 Å². The van der Waals surface area contributed by atoms with Gasteiger partial charge in [0, 0.05) is 19.2 Å². The summed E-state index contributed by atoms with van der Waals surface area (Å²) in [7, 11) is -3.83. The number of sulfonamides is 1. The van der Waals surface area contributed by atoms with Crippen LogP contribution in [0.15, 0.2) is 23.1 Å². The quantitative estimate of drug-likeness (QED) is 0.480. The van der Waals surface area contributed by atoms with Gasteiger partial charge in [-0.05, 0) is 31.9 Å². The van der Waals surface area contributed by atoms with Crippen LogP contribution in [0.4, 0.5) is 11.4 Å². The number of hydrogen-bond donors (Lipinski definition) is 2. The van der Waals surface area contributed by atoms with Gasteiger partial charge in [-0.3, -0.25) is 10.1 Å². The summed E-state index contributed by atoms with van der Waals surface area (Å²) in [6.07, 6.45) is 1.08. The van der Waals surface area contributed by atoms with E-state index in [9.17, 15) is 23.6 Å². The Hall–Kier alpha value is -1.71. The average molecular weight is 315 g/mol. The topological polar surface area (TPSA) is 127 Å². The Morgan fingerprint density at radius 1 is 1.48 bits per heavy atom. The lowest BCUT2D eigenvalue weighted by Gasteiger charge is -2.35. The van der Waals surface area contributed by atoms with Crippen LogP contribution in [0, 0.1) is 10.1 Å². The predicted molar refractivity (Wildman–Crippen MR) is 76.1 cm³/mol. The number of piperidine rings is 1. The van der Waals surface area contributed by atoms with E-state index < -0.39 is 20.5 Å². The highest BCUT2D eigenvalue weighted by Gasteiger charge is 2.35. The minimum absolute atomic E-state index is 0.00771. The molecule has 1 atom stereocenters. The van der Waals surface area contributed by atoms with Gasteiger partial charge in [0.15, 0.2) is 0 Å². The molecule has 0 bridgehead atoms. The first-order chi connectivity index (χ1) is 9.63. The third kappa shape index (κ3) is 3.14. The lowest BCUT2D eigenvalue weighted by atomic mass is 9.97. The molecule has 0 spiro atoms. The van der Waals surface area contributed by atoms with Crippen LogP contribution in [-0.2, 0) is 10.0 Å². The Bertz CT molecular complexity index is 671. The zero-order valence-electron chi connectivity index (χ0n) is 11.5. The molecule has 3 N–H and O–H groups in total. The molecule has 1 saturated heterocycles. The van der Waals surface area contributed by atoms with Gasteiger partial charge in [-0.15, -0.1) is 0 Å². The molecule has 0 saturated carbocycles. The number of hydrogen-bond acceptors (Lipinski definition) is 6. The fourth-order valence-corrected chi connectivity index (χ4v) is 4.02. The third-order valence-corrected chi connectivity index (χ3v) is 5.31. The van der Waals surface area contributed by atoms with Crippen molar-refractivity contribution in [3.8, 4) is 0 Å². The summed E-state index contributed by atoms with van der Waals surface area (Å²) in [6.45, 7) is 1.88. The summed E-state index contributed by atoms with van der Waals surface area (Å²) in [5, 5.41) is 20.7. The standard InChI is InChI=1S/C12H17N3O5S/c1-12(16)5-2-6-14(8-12)21(19,20)9-3-4-11(15(17)18)10(13)7-9/h3-4,7,16H,2,5-6,8,13H2,1H3. The van der Waals surface area contributed by atoms with Crippen LogP contribution in [-0.4, -0.2) is 41.4 Å². The van der Waals surface area contributed by atoms with Crippen LogP contribution in [0.2, 0.25) is 0 Å². The number of nitro groups is 1. The molecule has 8 nitrogen and oxygen atoms in total. The number of benzene rings is 1. The number of aliphatic hydroxyl groups is 1. The predicted octanol–water partition coefficient (Wildman–Crippen LogP) is 0.713. The first-order valence-corrected chi connectivity index (χ1v) is 7.84. The van der Waals surface area contributed by atoms with Crippen molar-refractivity contribution < 1.29 is 18.4 Å². The molecule has 0 amide bonds. The van der Waals surface area contributed by atoms with Crippen molar-refractivity contribution >= 4 is 21.4 Å². The molecule has 1 unspecified atom stereocenters. The van der Waals surface area contributed by atoms with E-state index >= 15 is 0 Å². The van der Waals surface area contributed by atoms with E-state index in [1.54, 1.807) is 6.92 Å². The molecular weight excluding hydrogens is 298 g/mol. The van der Waals surface area contributed by atoms with Crippen LogP contribution >= 0.6 is 0 Å². The number of nitrogens with two attached hydrogens (primary N) is 1. The largest absolute Gasteiger partial charge is 0.393 e. The van der Waals surface area contributed by atoms with E-state index in [-0.39, 0.29) is 22.8 Å². The lowest BCUT2D eigenvalue weighted by molar-refractivity contribution is -0.383. The molecule has 1 aromatic rings. The van der Waals surface area contributed by atoms with E-state index in [0.717, 1.165) is 18.2 Å². The van der Waals surface area contributed by atoms with Crippen molar-refractivity contribution in [2.45, 2.75) is 30.3 Å². The summed E-state index contributed by atoms with van der Waals surface area (Å²) in [5.41, 5.74) is 3.92. The molecule has 1 aliphatic heterocycles. The molecule has 9 heteroatoms. The molecule has 21 heavy (non-hydrogen) atoms. The van der Waals surface area contributed by atoms with Gasteiger partial charge in [0.25, 0.3) is 5.69 Å². The second kappa shape index (κ2) is 5.24. The van der Waals surface area contributed by atoms with E-state index in [4.69, 9.17) is 5.73 Å². The highest BCUT2D eigenvalue weighted by Crippen LogP contribution is 2.29. The van der Waals surface area contributed by atoms with Gasteiger partial charge in [0.1, 0.15) is 5.69 Å². The maximum Gasteiger partial charge on any atom is 0.292 e. The van der Waals surface area contributed by atoms with Crippen molar-refractivity contribution in [3.05, 3.63) is 28.3 Å². The van der Waals surface area contributed by atoms with E-state index in [2.05, 4.69) is 0 Å². The molecule has 1 aromatic carbocycles. The Labute approximate surface area is 122 Å². The van der Waals surface area contributed by atoms with Crippen LogP contribution in [0.1, 0.15) is 19.8 Å². The van der Waals surface area contributed by atoms with Crippen LogP contribution in [0.5, 0.6) is 0 Å². The number of nitrogen functional groups attached to an aromatic ring is 1. The van der Waals surface area contributed by atoms with Gasteiger partial charge < -0.3 is 10.8 Å². The lowest BCUT2D eigenvalue weighted by Crippen LogP contribution is -2.48. The zero-order valence-corrected chi connectivity index (χ0v) is 12.3. The van der Waals surface area contributed by atoms with Gasteiger partial charge >= 0.3 is 0 Å². The summed E-state index contributed by atoms with van der Waals surface area (Å²) in [6, 6.07) is 3.31. The van der Waals surface area contributed by atoms with Crippen molar-refractivity contribution in [3.63, 3.8) is 0 Å². The second-order valence-corrected chi connectivity index (χ2v) is 7.35. The zero-order chi connectivity index (χ0) is 15.8. The van der Waals surface area contributed by atoms with E-state index in [1.165, 1.54) is 4.31 Å². The van der Waals surface area contributed by atoms with Gasteiger partial charge in [0.05, 0.1) is 15.4 Å². The summed E-state index contributed by atoms with van der Waals surface area (Å²) in [4.78, 5) is 9.92. The average Bonchev–Trinajstić information content (AvgIpc) is 2.36. The summed E-state index contributed by atoms with van der Waals surface area (Å²) in [5.74, 6) is 0. The molecule has 116 valence electrons. The number of anilines is 1. The van der Waals surface area contributed by atoms with Crippen molar-refractivity contribution in [2.75, 3.05) is 18.8 Å². The molecule has 0 aromatic heterocycles. The molecule has 0 aliphatic carbocycles. The van der Waals surface area contributed by atoms with Gasteiger partial charge in [0.2, 0.25) is 10.0 Å². The molecule has 1 fully saturated rings. The normalized spacial score (nSPS) is 23.9. The monoisotopic (exact) mass is 315 g/mol. The smallest absolute Gasteiger partial charge is 0.292 e. The second-order valence-electron chi connectivity index (χ2n) is 5.42. The Balaban J connectivity index is 2.36. The van der Waals surface area contributed by atoms with E-state index in [1.807, 2.05) is 0 Å². The Morgan fingerprint density at radius 3 is 2.67 bits per heavy atom. The minimum Gasteiger partial charge on any atom is -0.393 e. The van der Waals surface area contributed by atoms with Crippen LogP contribution < -0.4 is 5.73 Å². The van der Waals surface area contributed by atoms with Gasteiger partial charge in [-0.25, -0.2) is 8.42 Å². The first kappa shape index (κ1) is 15.7. The number of β-amino-alcohol motifs (C(OH)–C–C–N with tert-alkyl or cyclic N) is 1. The highest BCUT2D eigenvalue weighted by molar-refractivity contribution is 7.89. The number of nitrogens with zero attached hydrogens (tertiary/aromatic N) is 2. The third-order valence-electron chi connectivity index (χ3n) is 3.47. The minimum atomic E-state index is -3.83. The molecule has 1 aliphatic rings. The Kier molecular flexibility index (Phi) is 3.91. The number of rotatable bonds is 3.